The van der Waals surface area contributed by atoms with E-state index in [0.717, 1.165) is 12.8 Å². The molecule has 0 saturated carbocycles. The molecule has 2 unspecified atom stereocenters. The molecule has 106 valence electrons. The van der Waals surface area contributed by atoms with E-state index in [9.17, 15) is 16.8 Å². The van der Waals surface area contributed by atoms with Gasteiger partial charge in [-0.1, -0.05) is 0 Å². The van der Waals surface area contributed by atoms with Gasteiger partial charge in [-0.25, -0.2) is 16.8 Å². The first kappa shape index (κ1) is 14.2. The van der Waals surface area contributed by atoms with E-state index in [1.165, 1.54) is 4.31 Å². The van der Waals surface area contributed by atoms with Crippen molar-refractivity contribution in [3.63, 3.8) is 0 Å². The number of sulfonamides is 1. The Morgan fingerprint density at radius 1 is 1.33 bits per heavy atom. The average Bonchev–Trinajstić information content (AvgIpc) is 2.85. The van der Waals surface area contributed by atoms with E-state index in [2.05, 4.69) is 5.32 Å². The van der Waals surface area contributed by atoms with Crippen molar-refractivity contribution in [2.24, 2.45) is 0 Å². The minimum absolute atomic E-state index is 0.00142. The van der Waals surface area contributed by atoms with Crippen LogP contribution in [-0.2, 0) is 19.9 Å². The number of nitrogens with zero attached hydrogens (tertiary/aromatic N) is 1. The highest BCUT2D eigenvalue weighted by Gasteiger charge is 2.43. The van der Waals surface area contributed by atoms with Gasteiger partial charge in [0.15, 0.2) is 9.84 Å². The zero-order valence-electron chi connectivity index (χ0n) is 10.5. The minimum atomic E-state index is -3.47. The fourth-order valence-corrected chi connectivity index (χ4v) is 7.55. The van der Waals surface area contributed by atoms with Crippen molar-refractivity contribution >= 4 is 19.9 Å². The Kier molecular flexibility index (Phi) is 4.01. The molecule has 18 heavy (non-hydrogen) atoms. The van der Waals surface area contributed by atoms with Crippen LogP contribution in [0.25, 0.3) is 0 Å². The van der Waals surface area contributed by atoms with Gasteiger partial charge >= 0.3 is 0 Å². The van der Waals surface area contributed by atoms with Crippen LogP contribution in [0.2, 0.25) is 0 Å². The standard InChI is InChI=1S/C10H20N2O4S2/c1-11-7-9-3-2-5-12(9)18(15,16)10-4-6-17(13,14)8-10/h9-11H,2-8H2,1H3. The molecule has 2 heterocycles. The van der Waals surface area contributed by atoms with Crippen LogP contribution in [0.3, 0.4) is 0 Å². The SMILES string of the molecule is CNCC1CCCN1S(=O)(=O)C1CCS(=O)(=O)C1. The topological polar surface area (TPSA) is 83.6 Å². The molecular weight excluding hydrogens is 276 g/mol. The number of hydrogen-bond donors (Lipinski definition) is 1. The molecule has 0 spiro atoms. The molecule has 6 nitrogen and oxygen atoms in total. The summed E-state index contributed by atoms with van der Waals surface area (Å²) in [6.07, 6.45) is 1.94. The van der Waals surface area contributed by atoms with Crippen LogP contribution in [0.5, 0.6) is 0 Å². The Hall–Kier alpha value is -0.180. The summed E-state index contributed by atoms with van der Waals surface area (Å²) < 4.78 is 49.2. The molecule has 2 aliphatic rings. The molecule has 1 N–H and O–H groups in total. The van der Waals surface area contributed by atoms with Crippen molar-refractivity contribution in [3.05, 3.63) is 0 Å². The van der Waals surface area contributed by atoms with E-state index in [1.54, 1.807) is 7.05 Å². The maximum atomic E-state index is 12.4. The maximum Gasteiger partial charge on any atom is 0.218 e. The molecule has 2 fully saturated rings. The van der Waals surface area contributed by atoms with Gasteiger partial charge in [0, 0.05) is 19.1 Å². The van der Waals surface area contributed by atoms with Gasteiger partial charge in [0.25, 0.3) is 0 Å². The van der Waals surface area contributed by atoms with Gasteiger partial charge < -0.3 is 5.32 Å². The lowest BCUT2D eigenvalue weighted by atomic mass is 10.2. The molecule has 8 heteroatoms. The largest absolute Gasteiger partial charge is 0.318 e. The predicted octanol–water partition coefficient (Wildman–Crippen LogP) is -0.813. The molecule has 2 aliphatic heterocycles. The van der Waals surface area contributed by atoms with Gasteiger partial charge in [-0.2, -0.15) is 4.31 Å². The van der Waals surface area contributed by atoms with Crippen LogP contribution in [0.4, 0.5) is 0 Å². The number of sulfone groups is 1. The summed E-state index contributed by atoms with van der Waals surface area (Å²) in [5, 5.41) is 2.26. The smallest absolute Gasteiger partial charge is 0.218 e. The lowest BCUT2D eigenvalue weighted by Gasteiger charge is -2.26. The van der Waals surface area contributed by atoms with E-state index in [-0.39, 0.29) is 24.0 Å². The van der Waals surface area contributed by atoms with Gasteiger partial charge in [0.05, 0.1) is 16.8 Å². The lowest BCUT2D eigenvalue weighted by Crippen LogP contribution is -2.45. The first-order chi connectivity index (χ1) is 8.37. The number of nitrogens with one attached hydrogen (secondary N) is 1. The molecule has 0 aliphatic carbocycles. The zero-order valence-corrected chi connectivity index (χ0v) is 12.1. The summed E-state index contributed by atoms with van der Waals surface area (Å²) in [5.41, 5.74) is 0. The quantitative estimate of drug-likeness (QED) is 0.733. The second kappa shape index (κ2) is 5.07. The van der Waals surface area contributed by atoms with Crippen LogP contribution < -0.4 is 5.32 Å². The average molecular weight is 296 g/mol. The second-order valence-corrected chi connectivity index (χ2v) is 9.43. The highest BCUT2D eigenvalue weighted by Crippen LogP contribution is 2.28. The maximum absolute atomic E-state index is 12.4. The third-order valence-electron chi connectivity index (χ3n) is 3.70. The lowest BCUT2D eigenvalue weighted by molar-refractivity contribution is 0.374. The summed E-state index contributed by atoms with van der Waals surface area (Å²) >= 11 is 0. The van der Waals surface area contributed by atoms with E-state index in [4.69, 9.17) is 0 Å². The molecule has 0 radical (unpaired) electrons. The van der Waals surface area contributed by atoms with E-state index < -0.39 is 25.1 Å². The molecule has 0 amide bonds. The van der Waals surface area contributed by atoms with Crippen molar-refractivity contribution in [3.8, 4) is 0 Å². The van der Waals surface area contributed by atoms with E-state index in [0.29, 0.717) is 13.1 Å². The summed E-state index contributed by atoms with van der Waals surface area (Å²) in [6.45, 7) is 1.14. The second-order valence-electron chi connectivity index (χ2n) is 5.03. The van der Waals surface area contributed by atoms with Crippen molar-refractivity contribution in [2.75, 3.05) is 31.6 Å². The first-order valence-corrected chi connectivity index (χ1v) is 9.55. The summed E-state index contributed by atoms with van der Waals surface area (Å²) in [7, 11) is -4.83. The van der Waals surface area contributed by atoms with Crippen LogP contribution in [0, 0.1) is 0 Å². The van der Waals surface area contributed by atoms with Crippen LogP contribution in [0.15, 0.2) is 0 Å². The molecule has 2 saturated heterocycles. The van der Waals surface area contributed by atoms with E-state index >= 15 is 0 Å². The van der Waals surface area contributed by atoms with Crippen molar-refractivity contribution in [1.29, 1.82) is 0 Å². The zero-order chi connectivity index (χ0) is 13.4. The summed E-state index contributed by atoms with van der Waals surface area (Å²) in [4.78, 5) is 0. The normalized spacial score (nSPS) is 32.9. The third-order valence-corrected chi connectivity index (χ3v) is 8.06. The number of likely N-dealkylation sites (N-methyl/N-ethyl adjacent to an activating group) is 1. The molecule has 0 aromatic heterocycles. The van der Waals surface area contributed by atoms with E-state index in [1.807, 2.05) is 0 Å². The summed E-state index contributed by atoms with van der Waals surface area (Å²) in [6, 6.07) is -0.0247. The van der Waals surface area contributed by atoms with Gasteiger partial charge in [0.1, 0.15) is 0 Å². The molecule has 2 atom stereocenters. The highest BCUT2D eigenvalue weighted by atomic mass is 32.2. The molecule has 0 aromatic rings. The Morgan fingerprint density at radius 2 is 2.06 bits per heavy atom. The van der Waals surface area contributed by atoms with Gasteiger partial charge in [-0.15, -0.1) is 0 Å². The number of rotatable bonds is 4. The van der Waals surface area contributed by atoms with Crippen molar-refractivity contribution in [1.82, 2.24) is 9.62 Å². The summed E-state index contributed by atoms with van der Waals surface area (Å²) in [5.74, 6) is -0.209. The van der Waals surface area contributed by atoms with Gasteiger partial charge in [-0.3, -0.25) is 0 Å². The predicted molar refractivity (Wildman–Crippen MR) is 69.6 cm³/mol. The fraction of sp³-hybridized carbons (Fsp3) is 1.00. The molecule has 0 aromatic carbocycles. The molecular formula is C10H20N2O4S2. The van der Waals surface area contributed by atoms with Gasteiger partial charge in [0.2, 0.25) is 10.0 Å². The molecule has 2 rings (SSSR count). The van der Waals surface area contributed by atoms with Crippen LogP contribution in [0.1, 0.15) is 19.3 Å². The third kappa shape index (κ3) is 2.71. The fourth-order valence-electron chi connectivity index (χ4n) is 2.77. The van der Waals surface area contributed by atoms with Gasteiger partial charge in [-0.05, 0) is 26.3 Å². The minimum Gasteiger partial charge on any atom is -0.318 e. The van der Waals surface area contributed by atoms with Crippen molar-refractivity contribution in [2.45, 2.75) is 30.6 Å². The monoisotopic (exact) mass is 296 g/mol. The van der Waals surface area contributed by atoms with Crippen LogP contribution in [-0.4, -0.2) is 64.1 Å². The number of hydrogen-bond acceptors (Lipinski definition) is 5. The Bertz CT molecular complexity index is 500. The van der Waals surface area contributed by atoms with Crippen LogP contribution >= 0.6 is 0 Å². The Labute approximate surface area is 109 Å². The Morgan fingerprint density at radius 3 is 2.61 bits per heavy atom. The Balaban J connectivity index is 2.16. The highest BCUT2D eigenvalue weighted by molar-refractivity contribution is 7.95. The van der Waals surface area contributed by atoms with Crippen molar-refractivity contribution < 1.29 is 16.8 Å². The molecule has 0 bridgehead atoms. The first-order valence-electron chi connectivity index (χ1n) is 6.22.